The Morgan fingerprint density at radius 2 is 2.17 bits per heavy atom. The molecular weight excluding hydrogens is 294 g/mol. The molecule has 0 saturated heterocycles. The van der Waals surface area contributed by atoms with Crippen molar-refractivity contribution in [2.75, 3.05) is 18.5 Å². The third-order valence-electron chi connectivity index (χ3n) is 3.27. The Kier molecular flexibility index (Phi) is 7.81. The van der Waals surface area contributed by atoms with Crippen molar-refractivity contribution in [3.63, 3.8) is 0 Å². The maximum Gasteiger partial charge on any atom is 0.407 e. The first-order chi connectivity index (χ1) is 10.9. The third-order valence-corrected chi connectivity index (χ3v) is 3.27. The van der Waals surface area contributed by atoms with E-state index in [0.717, 1.165) is 30.6 Å². The molecule has 0 spiro atoms. The summed E-state index contributed by atoms with van der Waals surface area (Å²) in [4.78, 5) is 16.2. The molecule has 0 fully saturated rings. The number of amides is 1. The minimum atomic E-state index is -0.493. The molecule has 1 heterocycles. The van der Waals surface area contributed by atoms with E-state index >= 15 is 0 Å². The molecular formula is C17H29N3O3. The molecule has 1 amide bonds. The highest BCUT2D eigenvalue weighted by atomic mass is 16.6. The van der Waals surface area contributed by atoms with Crippen molar-refractivity contribution in [3.8, 4) is 0 Å². The maximum absolute atomic E-state index is 11.9. The Balaban J connectivity index is 2.56. The molecule has 1 aromatic heterocycles. The lowest BCUT2D eigenvalue weighted by Gasteiger charge is -2.23. The number of alkyl carbamates (subject to hydrolysis) is 1. The first kappa shape index (κ1) is 19.2. The zero-order valence-corrected chi connectivity index (χ0v) is 14.6. The second-order valence-corrected chi connectivity index (χ2v) is 6.45. The molecule has 23 heavy (non-hydrogen) atoms. The fourth-order valence-corrected chi connectivity index (χ4v) is 2.16. The van der Waals surface area contributed by atoms with Crippen LogP contribution < -0.4 is 10.6 Å². The van der Waals surface area contributed by atoms with E-state index in [4.69, 9.17) is 9.84 Å². The van der Waals surface area contributed by atoms with E-state index in [2.05, 4.69) is 15.6 Å². The largest absolute Gasteiger partial charge is 0.444 e. The van der Waals surface area contributed by atoms with Crippen LogP contribution in [0.25, 0.3) is 0 Å². The standard InChI is InChI=1S/C17H29N3O3/c1-5-14(20-16(22)23-17(2,3)4)9-8-13-7-6-10-18-15(13)19-11-12-21/h6-7,10,14,21H,5,8-9,11-12H2,1-4H3,(H,18,19)(H,20,22)/t14-/m1/s1. The van der Waals surface area contributed by atoms with E-state index in [0.29, 0.717) is 6.54 Å². The average Bonchev–Trinajstić information content (AvgIpc) is 2.48. The molecule has 0 saturated carbocycles. The van der Waals surface area contributed by atoms with E-state index in [1.54, 1.807) is 6.20 Å². The van der Waals surface area contributed by atoms with Gasteiger partial charge in [0.1, 0.15) is 11.4 Å². The number of anilines is 1. The molecule has 0 aliphatic rings. The first-order valence-corrected chi connectivity index (χ1v) is 8.14. The fraction of sp³-hybridized carbons (Fsp3) is 0.647. The Labute approximate surface area is 138 Å². The summed E-state index contributed by atoms with van der Waals surface area (Å²) in [5.74, 6) is 0.786. The van der Waals surface area contributed by atoms with Crippen molar-refractivity contribution in [2.24, 2.45) is 0 Å². The number of aliphatic hydroxyl groups is 1. The zero-order chi connectivity index (χ0) is 17.3. The number of rotatable bonds is 8. The van der Waals surface area contributed by atoms with Gasteiger partial charge in [-0.25, -0.2) is 9.78 Å². The second-order valence-electron chi connectivity index (χ2n) is 6.45. The predicted molar refractivity (Wildman–Crippen MR) is 91.6 cm³/mol. The summed E-state index contributed by atoms with van der Waals surface area (Å²) in [6.45, 7) is 8.12. The van der Waals surface area contributed by atoms with Crippen molar-refractivity contribution in [3.05, 3.63) is 23.9 Å². The highest BCUT2D eigenvalue weighted by Crippen LogP contribution is 2.15. The van der Waals surface area contributed by atoms with E-state index in [1.807, 2.05) is 39.8 Å². The van der Waals surface area contributed by atoms with Gasteiger partial charge < -0.3 is 20.5 Å². The lowest BCUT2D eigenvalue weighted by Crippen LogP contribution is -2.39. The summed E-state index contributed by atoms with van der Waals surface area (Å²) >= 11 is 0. The molecule has 0 aromatic carbocycles. The highest BCUT2D eigenvalue weighted by Gasteiger charge is 2.19. The van der Waals surface area contributed by atoms with Gasteiger partial charge in [0.25, 0.3) is 0 Å². The van der Waals surface area contributed by atoms with Crippen LogP contribution in [-0.4, -0.2) is 41.0 Å². The molecule has 130 valence electrons. The van der Waals surface area contributed by atoms with Gasteiger partial charge in [0.05, 0.1) is 6.61 Å². The molecule has 6 nitrogen and oxygen atoms in total. The van der Waals surface area contributed by atoms with Gasteiger partial charge in [0.2, 0.25) is 0 Å². The van der Waals surface area contributed by atoms with Crippen molar-refractivity contribution in [1.82, 2.24) is 10.3 Å². The Morgan fingerprint density at radius 1 is 1.43 bits per heavy atom. The van der Waals surface area contributed by atoms with Gasteiger partial charge in [-0.05, 0) is 51.7 Å². The van der Waals surface area contributed by atoms with Crippen LogP contribution in [0.2, 0.25) is 0 Å². The smallest absolute Gasteiger partial charge is 0.407 e. The number of nitrogens with zero attached hydrogens (tertiary/aromatic N) is 1. The number of pyridine rings is 1. The lowest BCUT2D eigenvalue weighted by atomic mass is 10.0. The monoisotopic (exact) mass is 323 g/mol. The second kappa shape index (κ2) is 9.35. The Morgan fingerprint density at radius 3 is 2.78 bits per heavy atom. The molecule has 0 aliphatic heterocycles. The van der Waals surface area contributed by atoms with E-state index in [-0.39, 0.29) is 18.7 Å². The topological polar surface area (TPSA) is 83.5 Å². The number of hydrogen-bond acceptors (Lipinski definition) is 5. The minimum absolute atomic E-state index is 0.0516. The summed E-state index contributed by atoms with van der Waals surface area (Å²) < 4.78 is 5.30. The van der Waals surface area contributed by atoms with Crippen LogP contribution in [0.5, 0.6) is 0 Å². The molecule has 1 aromatic rings. The SMILES string of the molecule is CC[C@H](CCc1cccnc1NCCO)NC(=O)OC(C)(C)C. The van der Waals surface area contributed by atoms with Gasteiger partial charge in [-0.15, -0.1) is 0 Å². The first-order valence-electron chi connectivity index (χ1n) is 8.14. The van der Waals surface area contributed by atoms with Crippen molar-refractivity contribution in [2.45, 2.75) is 58.6 Å². The van der Waals surface area contributed by atoms with Crippen LogP contribution in [0.4, 0.5) is 10.6 Å². The number of aliphatic hydroxyl groups excluding tert-OH is 1. The Hall–Kier alpha value is -1.82. The summed E-state index contributed by atoms with van der Waals surface area (Å²) in [6.07, 6.45) is 3.76. The van der Waals surface area contributed by atoms with E-state index in [9.17, 15) is 4.79 Å². The Bertz CT molecular complexity index is 486. The molecule has 0 unspecified atom stereocenters. The summed E-state index contributed by atoms with van der Waals surface area (Å²) in [5, 5.41) is 14.9. The van der Waals surface area contributed by atoms with Crippen molar-refractivity contribution < 1.29 is 14.6 Å². The van der Waals surface area contributed by atoms with E-state index < -0.39 is 5.60 Å². The molecule has 6 heteroatoms. The summed E-state index contributed by atoms with van der Waals surface area (Å²) in [5.41, 5.74) is 0.581. The van der Waals surface area contributed by atoms with Gasteiger partial charge in [0.15, 0.2) is 0 Å². The van der Waals surface area contributed by atoms with Crippen LogP contribution in [0, 0.1) is 0 Å². The number of hydrogen-bond donors (Lipinski definition) is 3. The van der Waals surface area contributed by atoms with Crippen molar-refractivity contribution >= 4 is 11.9 Å². The number of ether oxygens (including phenoxy) is 1. The minimum Gasteiger partial charge on any atom is -0.444 e. The number of carbonyl (C=O) groups excluding carboxylic acids is 1. The van der Waals surface area contributed by atoms with Gasteiger partial charge in [-0.3, -0.25) is 0 Å². The quantitative estimate of drug-likeness (QED) is 0.685. The molecule has 1 rings (SSSR count). The van der Waals surface area contributed by atoms with Crippen LogP contribution in [-0.2, 0) is 11.2 Å². The molecule has 0 aliphatic carbocycles. The van der Waals surface area contributed by atoms with E-state index in [1.165, 1.54) is 0 Å². The van der Waals surface area contributed by atoms with Crippen LogP contribution in [0.3, 0.4) is 0 Å². The van der Waals surface area contributed by atoms with Crippen LogP contribution >= 0.6 is 0 Å². The number of nitrogens with one attached hydrogen (secondary N) is 2. The number of aryl methyl sites for hydroxylation is 1. The predicted octanol–water partition coefficient (Wildman–Crippen LogP) is 2.72. The summed E-state index contributed by atoms with van der Waals surface area (Å²) in [7, 11) is 0. The average molecular weight is 323 g/mol. The van der Waals surface area contributed by atoms with Gasteiger partial charge in [-0.2, -0.15) is 0 Å². The fourth-order valence-electron chi connectivity index (χ4n) is 2.16. The van der Waals surface area contributed by atoms with Crippen molar-refractivity contribution in [1.29, 1.82) is 0 Å². The molecule has 1 atom stereocenters. The number of carbonyl (C=O) groups is 1. The zero-order valence-electron chi connectivity index (χ0n) is 14.6. The highest BCUT2D eigenvalue weighted by molar-refractivity contribution is 5.68. The molecule has 0 bridgehead atoms. The summed E-state index contributed by atoms with van der Waals surface area (Å²) in [6, 6.07) is 3.95. The number of aromatic nitrogens is 1. The van der Waals surface area contributed by atoms with Gasteiger partial charge >= 0.3 is 6.09 Å². The third kappa shape index (κ3) is 7.83. The molecule has 3 N–H and O–H groups in total. The van der Waals surface area contributed by atoms with Crippen LogP contribution in [0.1, 0.15) is 46.1 Å². The molecule has 0 radical (unpaired) electrons. The van der Waals surface area contributed by atoms with Crippen LogP contribution in [0.15, 0.2) is 18.3 Å². The lowest BCUT2D eigenvalue weighted by molar-refractivity contribution is 0.0500. The normalized spacial score (nSPS) is 12.6. The van der Waals surface area contributed by atoms with Gasteiger partial charge in [0, 0.05) is 18.8 Å². The van der Waals surface area contributed by atoms with Gasteiger partial charge in [-0.1, -0.05) is 13.0 Å². The maximum atomic E-state index is 11.9.